The van der Waals surface area contributed by atoms with Crippen LogP contribution in [0.2, 0.25) is 5.02 Å². The van der Waals surface area contributed by atoms with E-state index < -0.39 is 0 Å². The minimum absolute atomic E-state index is 0.0235. The Labute approximate surface area is 136 Å². The summed E-state index contributed by atoms with van der Waals surface area (Å²) < 4.78 is 10.8. The molecule has 22 heavy (non-hydrogen) atoms. The summed E-state index contributed by atoms with van der Waals surface area (Å²) in [5, 5.41) is 6.51. The van der Waals surface area contributed by atoms with Gasteiger partial charge in [-0.15, -0.1) is 0 Å². The summed E-state index contributed by atoms with van der Waals surface area (Å²) in [6, 6.07) is 3.61. The number of benzene rings is 1. The van der Waals surface area contributed by atoms with E-state index in [0.717, 1.165) is 18.0 Å². The number of methoxy groups -OCH3 is 1. The quantitative estimate of drug-likeness (QED) is 0.731. The van der Waals surface area contributed by atoms with Crippen LogP contribution in [0.1, 0.15) is 25.3 Å². The number of nitrogens with one attached hydrogen (secondary N) is 2. The van der Waals surface area contributed by atoms with Crippen molar-refractivity contribution in [3.05, 3.63) is 22.7 Å². The number of halogens is 1. The third-order valence-corrected chi connectivity index (χ3v) is 3.76. The highest BCUT2D eigenvalue weighted by atomic mass is 35.5. The van der Waals surface area contributed by atoms with Gasteiger partial charge in [-0.3, -0.25) is 4.79 Å². The molecule has 1 fully saturated rings. The molecule has 1 aromatic rings. The van der Waals surface area contributed by atoms with Crippen LogP contribution in [0, 0.1) is 5.92 Å². The van der Waals surface area contributed by atoms with Crippen LogP contribution in [0.15, 0.2) is 12.1 Å². The van der Waals surface area contributed by atoms with Gasteiger partial charge >= 0.3 is 0 Å². The highest BCUT2D eigenvalue weighted by Gasteiger charge is 2.20. The van der Waals surface area contributed by atoms with Crippen molar-refractivity contribution >= 4 is 17.5 Å². The van der Waals surface area contributed by atoms with Gasteiger partial charge in [0.2, 0.25) is 5.91 Å². The fourth-order valence-corrected chi connectivity index (χ4v) is 2.42. The molecule has 1 aromatic carbocycles. The second-order valence-corrected chi connectivity index (χ2v) is 5.80. The molecule has 1 aliphatic carbocycles. The summed E-state index contributed by atoms with van der Waals surface area (Å²) in [5.74, 6) is 1.85. The number of hydrogen-bond acceptors (Lipinski definition) is 4. The predicted octanol–water partition coefficient (Wildman–Crippen LogP) is 2.36. The van der Waals surface area contributed by atoms with Crippen molar-refractivity contribution in [2.45, 2.75) is 26.3 Å². The smallest absolute Gasteiger partial charge is 0.234 e. The molecule has 0 radical (unpaired) electrons. The molecule has 1 amide bonds. The standard InChI is InChI=1S/C16H23ClN2O3/c1-3-22-16-13(17)6-12(7-14(16)21-2)9-19-15(20)10-18-8-11-4-5-11/h6-7,11,18H,3-5,8-10H2,1-2H3,(H,19,20). The Morgan fingerprint density at radius 3 is 2.82 bits per heavy atom. The normalized spacial score (nSPS) is 13.8. The molecule has 0 aliphatic heterocycles. The molecular formula is C16H23ClN2O3. The molecule has 122 valence electrons. The highest BCUT2D eigenvalue weighted by Crippen LogP contribution is 2.36. The van der Waals surface area contributed by atoms with Crippen molar-refractivity contribution in [2.24, 2.45) is 5.92 Å². The Balaban J connectivity index is 1.85. The first-order chi connectivity index (χ1) is 10.6. The van der Waals surface area contributed by atoms with E-state index in [1.807, 2.05) is 13.0 Å². The van der Waals surface area contributed by atoms with Crippen LogP contribution in [0.25, 0.3) is 0 Å². The van der Waals surface area contributed by atoms with Gasteiger partial charge in [0, 0.05) is 6.54 Å². The number of ether oxygens (including phenoxy) is 2. The highest BCUT2D eigenvalue weighted by molar-refractivity contribution is 6.32. The number of amides is 1. The molecule has 0 unspecified atom stereocenters. The molecule has 5 nitrogen and oxygen atoms in total. The molecule has 2 rings (SSSR count). The largest absolute Gasteiger partial charge is 0.493 e. The molecule has 6 heteroatoms. The first-order valence-corrected chi connectivity index (χ1v) is 7.98. The summed E-state index contributed by atoms with van der Waals surface area (Å²) in [7, 11) is 1.57. The van der Waals surface area contributed by atoms with E-state index in [9.17, 15) is 4.79 Å². The molecule has 0 bridgehead atoms. The maximum Gasteiger partial charge on any atom is 0.234 e. The molecule has 2 N–H and O–H groups in total. The first kappa shape index (κ1) is 16.9. The SMILES string of the molecule is CCOc1c(Cl)cc(CNC(=O)CNCC2CC2)cc1OC. The Hall–Kier alpha value is -1.46. The van der Waals surface area contributed by atoms with Crippen LogP contribution in [0.4, 0.5) is 0 Å². The van der Waals surface area contributed by atoms with Gasteiger partial charge in [0.05, 0.1) is 25.3 Å². The fourth-order valence-electron chi connectivity index (χ4n) is 2.13. The average Bonchev–Trinajstić information content (AvgIpc) is 3.31. The van der Waals surface area contributed by atoms with Crippen molar-refractivity contribution < 1.29 is 14.3 Å². The first-order valence-electron chi connectivity index (χ1n) is 7.60. The van der Waals surface area contributed by atoms with Crippen LogP contribution < -0.4 is 20.1 Å². The second kappa shape index (κ2) is 8.25. The third-order valence-electron chi connectivity index (χ3n) is 3.48. The molecule has 1 aliphatic rings. The van der Waals surface area contributed by atoms with E-state index in [2.05, 4.69) is 10.6 Å². The molecule has 0 heterocycles. The number of carbonyl (C=O) groups excluding carboxylic acids is 1. The summed E-state index contributed by atoms with van der Waals surface area (Å²) in [5.41, 5.74) is 0.876. The van der Waals surface area contributed by atoms with Crippen LogP contribution in [0.3, 0.4) is 0 Å². The average molecular weight is 327 g/mol. The summed E-state index contributed by atoms with van der Waals surface area (Å²) in [4.78, 5) is 11.8. The summed E-state index contributed by atoms with van der Waals surface area (Å²) in [6.45, 7) is 4.08. The van der Waals surface area contributed by atoms with Crippen LogP contribution >= 0.6 is 11.6 Å². The zero-order chi connectivity index (χ0) is 15.9. The molecular weight excluding hydrogens is 304 g/mol. The topological polar surface area (TPSA) is 59.6 Å². The summed E-state index contributed by atoms with van der Waals surface area (Å²) in [6.07, 6.45) is 2.55. The van der Waals surface area contributed by atoms with Crippen molar-refractivity contribution in [3.8, 4) is 11.5 Å². The molecule has 0 aromatic heterocycles. The van der Waals surface area contributed by atoms with Crippen LogP contribution in [-0.2, 0) is 11.3 Å². The van der Waals surface area contributed by atoms with Crippen molar-refractivity contribution in [2.75, 3.05) is 26.8 Å². The Bertz CT molecular complexity index is 518. The molecule has 1 saturated carbocycles. The van der Waals surface area contributed by atoms with Gasteiger partial charge in [0.1, 0.15) is 0 Å². The molecule has 0 spiro atoms. The lowest BCUT2D eigenvalue weighted by Gasteiger charge is -2.13. The number of rotatable bonds is 9. The molecule has 0 atom stereocenters. The van der Waals surface area contributed by atoms with Gasteiger partial charge in [-0.2, -0.15) is 0 Å². The maximum atomic E-state index is 11.8. The lowest BCUT2D eigenvalue weighted by Crippen LogP contribution is -2.34. The van der Waals surface area contributed by atoms with E-state index in [4.69, 9.17) is 21.1 Å². The Morgan fingerprint density at radius 2 is 2.18 bits per heavy atom. The van der Waals surface area contributed by atoms with Gasteiger partial charge in [0.15, 0.2) is 11.5 Å². The lowest BCUT2D eigenvalue weighted by molar-refractivity contribution is -0.120. The second-order valence-electron chi connectivity index (χ2n) is 5.39. The predicted molar refractivity (Wildman–Crippen MR) is 86.6 cm³/mol. The van der Waals surface area contributed by atoms with E-state index >= 15 is 0 Å². The zero-order valence-electron chi connectivity index (χ0n) is 13.1. The van der Waals surface area contributed by atoms with E-state index in [0.29, 0.717) is 36.2 Å². The lowest BCUT2D eigenvalue weighted by atomic mass is 10.2. The van der Waals surface area contributed by atoms with Crippen LogP contribution in [-0.4, -0.2) is 32.7 Å². The minimum atomic E-state index is -0.0235. The van der Waals surface area contributed by atoms with Gasteiger partial charge in [0.25, 0.3) is 0 Å². The van der Waals surface area contributed by atoms with E-state index in [1.54, 1.807) is 13.2 Å². The van der Waals surface area contributed by atoms with Crippen molar-refractivity contribution in [1.82, 2.24) is 10.6 Å². The van der Waals surface area contributed by atoms with Gasteiger partial charge in [-0.1, -0.05) is 11.6 Å². The van der Waals surface area contributed by atoms with E-state index in [1.165, 1.54) is 12.8 Å². The number of hydrogen-bond donors (Lipinski definition) is 2. The summed E-state index contributed by atoms with van der Waals surface area (Å²) >= 11 is 6.20. The van der Waals surface area contributed by atoms with Crippen molar-refractivity contribution in [1.29, 1.82) is 0 Å². The van der Waals surface area contributed by atoms with E-state index in [-0.39, 0.29) is 5.91 Å². The maximum absolute atomic E-state index is 11.8. The van der Waals surface area contributed by atoms with Gasteiger partial charge < -0.3 is 20.1 Å². The molecule has 0 saturated heterocycles. The Kier molecular flexibility index (Phi) is 6.34. The van der Waals surface area contributed by atoms with Crippen LogP contribution in [0.5, 0.6) is 11.5 Å². The Morgan fingerprint density at radius 1 is 1.41 bits per heavy atom. The zero-order valence-corrected chi connectivity index (χ0v) is 13.8. The fraction of sp³-hybridized carbons (Fsp3) is 0.562. The minimum Gasteiger partial charge on any atom is -0.493 e. The van der Waals surface area contributed by atoms with Crippen molar-refractivity contribution in [3.63, 3.8) is 0 Å². The monoisotopic (exact) mass is 326 g/mol. The van der Waals surface area contributed by atoms with Gasteiger partial charge in [-0.05, 0) is 49.9 Å². The van der Waals surface area contributed by atoms with Gasteiger partial charge in [-0.25, -0.2) is 0 Å². The third kappa shape index (κ3) is 5.07. The number of carbonyl (C=O) groups is 1.